The normalized spacial score (nSPS) is 23.3. The van der Waals surface area contributed by atoms with Crippen LogP contribution in [0.1, 0.15) is 34.1 Å². The van der Waals surface area contributed by atoms with Crippen LogP contribution in [0.5, 0.6) is 0 Å². The molecule has 0 spiro atoms. The van der Waals surface area contributed by atoms with Gasteiger partial charge in [0.05, 0.1) is 10.6 Å². The molecule has 2 aliphatic rings. The topological polar surface area (TPSA) is 55.4 Å². The fourth-order valence-corrected chi connectivity index (χ4v) is 4.59. The highest BCUT2D eigenvalue weighted by Crippen LogP contribution is 2.47. The van der Waals surface area contributed by atoms with Gasteiger partial charge >= 0.3 is 5.97 Å². The summed E-state index contributed by atoms with van der Waals surface area (Å²) in [6.07, 6.45) is 0.660. The number of hydrogen-bond acceptors (Lipinski definition) is 5. The smallest absolute Gasteiger partial charge is 0.317 e. The molecular weight excluding hydrogens is 390 g/mol. The SMILES string of the molecule is CC1CC2=C(Sc3cc(Br)ccc3N2)C(=O)C1C(=O)OC(C)(C)C. The van der Waals surface area contributed by atoms with Crippen LogP contribution in [-0.2, 0) is 14.3 Å². The van der Waals surface area contributed by atoms with Crippen molar-refractivity contribution in [3.63, 3.8) is 0 Å². The monoisotopic (exact) mass is 409 g/mol. The van der Waals surface area contributed by atoms with Crippen LogP contribution in [0.25, 0.3) is 0 Å². The fraction of sp³-hybridized carbons (Fsp3) is 0.444. The van der Waals surface area contributed by atoms with E-state index in [0.29, 0.717) is 11.3 Å². The Balaban J connectivity index is 1.89. The van der Waals surface area contributed by atoms with Gasteiger partial charge in [0.1, 0.15) is 11.5 Å². The first-order valence-corrected chi connectivity index (χ1v) is 9.51. The summed E-state index contributed by atoms with van der Waals surface area (Å²) in [7, 11) is 0. The summed E-state index contributed by atoms with van der Waals surface area (Å²) in [5, 5.41) is 3.36. The van der Waals surface area contributed by atoms with Crippen LogP contribution in [0.15, 0.2) is 38.2 Å². The van der Waals surface area contributed by atoms with Crippen molar-refractivity contribution in [2.24, 2.45) is 11.8 Å². The third-order valence-electron chi connectivity index (χ3n) is 3.98. The van der Waals surface area contributed by atoms with E-state index in [1.54, 1.807) is 0 Å². The van der Waals surface area contributed by atoms with Crippen molar-refractivity contribution < 1.29 is 14.3 Å². The number of rotatable bonds is 1. The molecule has 0 saturated carbocycles. The zero-order valence-corrected chi connectivity index (χ0v) is 16.5. The van der Waals surface area contributed by atoms with Crippen molar-refractivity contribution in [2.45, 2.75) is 44.6 Å². The lowest BCUT2D eigenvalue weighted by atomic mass is 9.81. The summed E-state index contributed by atoms with van der Waals surface area (Å²) >= 11 is 4.89. The number of Topliss-reactive ketones (excluding diaryl/α,β-unsaturated/α-hetero) is 1. The van der Waals surface area contributed by atoms with Gasteiger partial charge in [-0.05, 0) is 51.3 Å². The molecule has 0 saturated heterocycles. The van der Waals surface area contributed by atoms with Crippen LogP contribution in [-0.4, -0.2) is 17.4 Å². The molecule has 0 amide bonds. The standard InChI is InChI=1S/C18H20BrNO3S/c1-9-7-12-16(15(21)14(9)17(22)23-18(2,3)4)24-13-8-10(19)5-6-11(13)20-12/h5-6,8-9,14,20H,7H2,1-4H3. The summed E-state index contributed by atoms with van der Waals surface area (Å²) in [6.45, 7) is 7.38. The average molecular weight is 410 g/mol. The van der Waals surface area contributed by atoms with Crippen molar-refractivity contribution in [2.75, 3.05) is 5.32 Å². The van der Waals surface area contributed by atoms with Crippen molar-refractivity contribution >= 4 is 45.1 Å². The van der Waals surface area contributed by atoms with Crippen LogP contribution >= 0.6 is 27.7 Å². The highest BCUT2D eigenvalue weighted by molar-refractivity contribution is 9.10. The molecule has 1 aliphatic carbocycles. The van der Waals surface area contributed by atoms with Gasteiger partial charge in [-0.1, -0.05) is 34.6 Å². The van der Waals surface area contributed by atoms with E-state index in [4.69, 9.17) is 4.74 Å². The number of benzene rings is 1. The molecule has 0 aromatic heterocycles. The maximum Gasteiger partial charge on any atom is 0.317 e. The molecular formula is C18H20BrNO3S. The number of fused-ring (bicyclic) bond motifs is 1. The molecule has 4 nitrogen and oxygen atoms in total. The van der Waals surface area contributed by atoms with Gasteiger partial charge in [0, 0.05) is 15.1 Å². The highest BCUT2D eigenvalue weighted by Gasteiger charge is 2.43. The molecule has 0 fully saturated rings. The predicted octanol–water partition coefficient (Wildman–Crippen LogP) is 4.75. The molecule has 1 heterocycles. The van der Waals surface area contributed by atoms with Crippen LogP contribution in [0, 0.1) is 11.8 Å². The number of esters is 1. The second-order valence-corrected chi connectivity index (χ2v) is 9.20. The largest absolute Gasteiger partial charge is 0.459 e. The molecule has 3 rings (SSSR count). The van der Waals surface area contributed by atoms with Gasteiger partial charge in [0.15, 0.2) is 5.78 Å². The number of nitrogens with one attached hydrogen (secondary N) is 1. The predicted molar refractivity (Wildman–Crippen MR) is 98.8 cm³/mol. The summed E-state index contributed by atoms with van der Waals surface area (Å²) in [4.78, 5) is 27.1. The van der Waals surface area contributed by atoms with Crippen molar-refractivity contribution in [3.05, 3.63) is 33.3 Å². The first kappa shape index (κ1) is 17.5. The van der Waals surface area contributed by atoms with Crippen molar-refractivity contribution in [1.29, 1.82) is 0 Å². The Labute approximate surface area is 154 Å². The van der Waals surface area contributed by atoms with Crippen LogP contribution < -0.4 is 5.32 Å². The van der Waals surface area contributed by atoms with E-state index < -0.39 is 17.5 Å². The van der Waals surface area contributed by atoms with Crippen LogP contribution in [0.3, 0.4) is 0 Å². The van der Waals surface area contributed by atoms with Crippen LogP contribution in [0.2, 0.25) is 0 Å². The molecule has 1 aromatic rings. The van der Waals surface area contributed by atoms with E-state index in [0.717, 1.165) is 20.8 Å². The van der Waals surface area contributed by atoms with Gasteiger partial charge in [-0.25, -0.2) is 0 Å². The lowest BCUT2D eigenvalue weighted by molar-refractivity contribution is -0.163. The molecule has 128 valence electrons. The Kier molecular flexibility index (Phi) is 4.55. The zero-order chi connectivity index (χ0) is 17.6. The number of hydrogen-bond donors (Lipinski definition) is 1. The van der Waals surface area contributed by atoms with Gasteiger partial charge in [-0.2, -0.15) is 0 Å². The minimum absolute atomic E-state index is 0.0869. The minimum atomic E-state index is -0.731. The number of ketones is 1. The Bertz CT molecular complexity index is 751. The number of anilines is 1. The summed E-state index contributed by atoms with van der Waals surface area (Å²) in [5.74, 6) is -1.38. The molecule has 1 aromatic carbocycles. The van der Waals surface area contributed by atoms with E-state index in [1.807, 2.05) is 45.9 Å². The molecule has 1 N–H and O–H groups in total. The summed E-state index contributed by atoms with van der Waals surface area (Å²) < 4.78 is 6.43. The lowest BCUT2D eigenvalue weighted by Crippen LogP contribution is -2.40. The number of ether oxygens (including phenoxy) is 1. The van der Waals surface area contributed by atoms with E-state index in [2.05, 4.69) is 21.2 Å². The van der Waals surface area contributed by atoms with E-state index in [1.165, 1.54) is 11.8 Å². The summed E-state index contributed by atoms with van der Waals surface area (Å²) in [6, 6.07) is 5.94. The number of allylic oxidation sites excluding steroid dienone is 2. The fourth-order valence-electron chi connectivity index (χ4n) is 2.96. The van der Waals surface area contributed by atoms with Crippen molar-refractivity contribution in [3.8, 4) is 0 Å². The molecule has 0 radical (unpaired) electrons. The number of carbonyl (C=O) groups is 2. The highest BCUT2D eigenvalue weighted by atomic mass is 79.9. The van der Waals surface area contributed by atoms with Gasteiger partial charge in [0.25, 0.3) is 0 Å². The lowest BCUT2D eigenvalue weighted by Gasteiger charge is -2.34. The molecule has 0 bridgehead atoms. The second kappa shape index (κ2) is 6.23. The minimum Gasteiger partial charge on any atom is -0.459 e. The number of thioether (sulfide) groups is 1. The third kappa shape index (κ3) is 3.40. The van der Waals surface area contributed by atoms with Crippen molar-refractivity contribution in [1.82, 2.24) is 0 Å². The maximum absolute atomic E-state index is 13.0. The van der Waals surface area contributed by atoms with Gasteiger partial charge < -0.3 is 10.1 Å². The second-order valence-electron chi connectivity index (χ2n) is 7.23. The van der Waals surface area contributed by atoms with E-state index >= 15 is 0 Å². The first-order chi connectivity index (χ1) is 11.2. The average Bonchev–Trinajstić information content (AvgIpc) is 2.44. The first-order valence-electron chi connectivity index (χ1n) is 7.90. The number of halogens is 1. The Hall–Kier alpha value is -1.27. The Morgan fingerprint density at radius 1 is 1.38 bits per heavy atom. The quantitative estimate of drug-likeness (QED) is 0.535. The van der Waals surface area contributed by atoms with E-state index in [-0.39, 0.29) is 11.7 Å². The van der Waals surface area contributed by atoms with Gasteiger partial charge in [0.2, 0.25) is 0 Å². The molecule has 2 unspecified atom stereocenters. The third-order valence-corrected chi connectivity index (χ3v) is 5.68. The Morgan fingerprint density at radius 3 is 2.75 bits per heavy atom. The zero-order valence-electron chi connectivity index (χ0n) is 14.1. The number of carbonyl (C=O) groups excluding carboxylic acids is 2. The van der Waals surface area contributed by atoms with Gasteiger partial charge in [-0.3, -0.25) is 9.59 Å². The van der Waals surface area contributed by atoms with E-state index in [9.17, 15) is 9.59 Å². The molecule has 24 heavy (non-hydrogen) atoms. The molecule has 1 aliphatic heterocycles. The Morgan fingerprint density at radius 2 is 2.08 bits per heavy atom. The maximum atomic E-state index is 13.0. The van der Waals surface area contributed by atoms with Gasteiger partial charge in [-0.15, -0.1) is 0 Å². The molecule has 2 atom stereocenters. The summed E-state index contributed by atoms with van der Waals surface area (Å²) in [5.41, 5.74) is 1.31. The molecule has 6 heteroatoms. The van der Waals surface area contributed by atoms with Crippen LogP contribution in [0.4, 0.5) is 5.69 Å².